The van der Waals surface area contributed by atoms with Crippen molar-refractivity contribution in [1.82, 2.24) is 10.2 Å². The third kappa shape index (κ3) is 3.99. The Kier molecular flexibility index (Phi) is 5.56. The van der Waals surface area contributed by atoms with E-state index in [1.54, 1.807) is 0 Å². The maximum Gasteiger partial charge on any atom is 0.118 e. The topological polar surface area (TPSA) is 28.4 Å². The number of nitrogens with zero attached hydrogens (tertiary/aromatic N) is 1. The minimum Gasteiger partial charge on any atom is -0.468 e. The van der Waals surface area contributed by atoms with Crippen LogP contribution >= 0.6 is 0 Å². The predicted octanol–water partition coefficient (Wildman–Crippen LogP) is 2.62. The Morgan fingerprint density at radius 2 is 2.19 bits per heavy atom. The first kappa shape index (κ1) is 13.3. The summed E-state index contributed by atoms with van der Waals surface area (Å²) in [4.78, 5) is 2.43. The average Bonchev–Trinajstić information content (AvgIpc) is 2.65. The van der Waals surface area contributed by atoms with E-state index in [2.05, 4.69) is 37.1 Å². The molecular weight excluding hydrogens is 200 g/mol. The van der Waals surface area contributed by atoms with Gasteiger partial charge in [-0.05, 0) is 39.9 Å². The highest BCUT2D eigenvalue weighted by Crippen LogP contribution is 2.12. The normalized spacial score (nSPS) is 11.6. The molecule has 0 aliphatic heterocycles. The Bertz CT molecular complexity index is 294. The van der Waals surface area contributed by atoms with Crippen LogP contribution in [0.4, 0.5) is 0 Å². The van der Waals surface area contributed by atoms with Gasteiger partial charge in [-0.1, -0.05) is 6.92 Å². The Balaban J connectivity index is 2.55. The molecule has 0 saturated heterocycles. The summed E-state index contributed by atoms with van der Waals surface area (Å²) in [5, 5.41) is 3.12. The molecule has 1 rings (SSSR count). The lowest BCUT2D eigenvalue weighted by Crippen LogP contribution is -2.30. The summed E-state index contributed by atoms with van der Waals surface area (Å²) in [6.45, 7) is 9.58. The highest BCUT2D eigenvalue weighted by molar-refractivity contribution is 5.12. The van der Waals surface area contributed by atoms with Gasteiger partial charge in [0.15, 0.2) is 0 Å². The first-order valence-electron chi connectivity index (χ1n) is 6.12. The summed E-state index contributed by atoms with van der Waals surface area (Å²) in [6.07, 6.45) is 3.03. The van der Waals surface area contributed by atoms with Crippen LogP contribution < -0.4 is 5.32 Å². The van der Waals surface area contributed by atoms with Gasteiger partial charge in [0.25, 0.3) is 0 Å². The van der Waals surface area contributed by atoms with Crippen molar-refractivity contribution >= 4 is 0 Å². The summed E-state index contributed by atoms with van der Waals surface area (Å²) >= 11 is 0. The zero-order valence-corrected chi connectivity index (χ0v) is 10.9. The van der Waals surface area contributed by atoms with Gasteiger partial charge in [-0.25, -0.2) is 0 Å². The Labute approximate surface area is 98.8 Å². The quantitative estimate of drug-likeness (QED) is 0.771. The van der Waals surface area contributed by atoms with Gasteiger partial charge in [0.1, 0.15) is 5.76 Å². The number of hydrogen-bond acceptors (Lipinski definition) is 3. The molecule has 0 radical (unpaired) electrons. The van der Waals surface area contributed by atoms with Crippen molar-refractivity contribution in [2.45, 2.75) is 46.3 Å². The molecular formula is C13H24N2O. The van der Waals surface area contributed by atoms with E-state index < -0.39 is 0 Å². The van der Waals surface area contributed by atoms with Gasteiger partial charge in [-0.15, -0.1) is 0 Å². The molecule has 1 heterocycles. The highest BCUT2D eigenvalue weighted by Gasteiger charge is 2.11. The standard InChI is InChI=1S/C13H24N2O/c1-5-6-15(11(2)3)9-13-7-12(8-14-4)10-16-13/h7,10-11,14H,5-6,8-9H2,1-4H3. The van der Waals surface area contributed by atoms with Gasteiger partial charge in [-0.2, -0.15) is 0 Å². The molecule has 0 saturated carbocycles. The molecule has 0 amide bonds. The Morgan fingerprint density at radius 3 is 2.75 bits per heavy atom. The predicted molar refractivity (Wildman–Crippen MR) is 67.3 cm³/mol. The van der Waals surface area contributed by atoms with Crippen molar-refractivity contribution in [2.24, 2.45) is 0 Å². The molecule has 1 N–H and O–H groups in total. The largest absolute Gasteiger partial charge is 0.468 e. The molecule has 0 bridgehead atoms. The van der Waals surface area contributed by atoms with Crippen LogP contribution in [-0.2, 0) is 13.1 Å². The van der Waals surface area contributed by atoms with Crippen LogP contribution in [0.15, 0.2) is 16.7 Å². The molecule has 0 atom stereocenters. The van der Waals surface area contributed by atoms with Gasteiger partial charge in [0.2, 0.25) is 0 Å². The lowest BCUT2D eigenvalue weighted by atomic mass is 10.2. The number of furan rings is 1. The van der Waals surface area contributed by atoms with Crippen molar-refractivity contribution in [2.75, 3.05) is 13.6 Å². The van der Waals surface area contributed by atoms with E-state index in [-0.39, 0.29) is 0 Å². The summed E-state index contributed by atoms with van der Waals surface area (Å²) in [5.74, 6) is 1.06. The van der Waals surface area contributed by atoms with Crippen LogP contribution in [0.25, 0.3) is 0 Å². The van der Waals surface area contributed by atoms with E-state index in [1.165, 1.54) is 12.0 Å². The smallest absolute Gasteiger partial charge is 0.118 e. The van der Waals surface area contributed by atoms with Crippen LogP contribution in [0.3, 0.4) is 0 Å². The molecule has 1 aromatic rings. The maximum absolute atomic E-state index is 5.56. The number of hydrogen-bond donors (Lipinski definition) is 1. The number of nitrogens with one attached hydrogen (secondary N) is 1. The summed E-state index contributed by atoms with van der Waals surface area (Å²) in [6, 6.07) is 2.71. The fourth-order valence-corrected chi connectivity index (χ4v) is 1.81. The minimum absolute atomic E-state index is 0.567. The van der Waals surface area contributed by atoms with E-state index in [1.807, 2.05) is 13.3 Å². The number of rotatable bonds is 7. The molecule has 16 heavy (non-hydrogen) atoms. The van der Waals surface area contributed by atoms with E-state index in [9.17, 15) is 0 Å². The van der Waals surface area contributed by atoms with E-state index in [0.29, 0.717) is 6.04 Å². The lowest BCUT2D eigenvalue weighted by molar-refractivity contribution is 0.197. The van der Waals surface area contributed by atoms with Crippen LogP contribution in [0.2, 0.25) is 0 Å². The van der Waals surface area contributed by atoms with Gasteiger partial charge < -0.3 is 9.73 Å². The molecule has 92 valence electrons. The minimum atomic E-state index is 0.567. The summed E-state index contributed by atoms with van der Waals surface area (Å²) < 4.78 is 5.56. The fraction of sp³-hybridized carbons (Fsp3) is 0.692. The zero-order valence-electron chi connectivity index (χ0n) is 10.9. The van der Waals surface area contributed by atoms with Gasteiger partial charge in [0.05, 0.1) is 12.8 Å². The third-order valence-corrected chi connectivity index (χ3v) is 2.69. The fourth-order valence-electron chi connectivity index (χ4n) is 1.81. The molecule has 3 heteroatoms. The SMILES string of the molecule is CCCN(Cc1cc(CNC)co1)C(C)C. The third-order valence-electron chi connectivity index (χ3n) is 2.69. The second-order valence-corrected chi connectivity index (χ2v) is 4.52. The van der Waals surface area contributed by atoms with Crippen LogP contribution in [0.5, 0.6) is 0 Å². The average molecular weight is 224 g/mol. The second kappa shape index (κ2) is 6.71. The molecule has 0 fully saturated rings. The molecule has 3 nitrogen and oxygen atoms in total. The maximum atomic E-state index is 5.56. The molecule has 0 aliphatic carbocycles. The van der Waals surface area contributed by atoms with Crippen molar-refractivity contribution in [3.63, 3.8) is 0 Å². The van der Waals surface area contributed by atoms with Crippen LogP contribution in [0, 0.1) is 0 Å². The summed E-state index contributed by atoms with van der Waals surface area (Å²) in [5.41, 5.74) is 1.22. The van der Waals surface area contributed by atoms with Crippen molar-refractivity contribution < 1.29 is 4.42 Å². The van der Waals surface area contributed by atoms with Gasteiger partial charge in [0, 0.05) is 18.2 Å². The van der Waals surface area contributed by atoms with E-state index >= 15 is 0 Å². The molecule has 0 unspecified atom stereocenters. The zero-order chi connectivity index (χ0) is 12.0. The molecule has 0 spiro atoms. The lowest BCUT2D eigenvalue weighted by Gasteiger charge is -2.24. The first-order valence-corrected chi connectivity index (χ1v) is 6.12. The first-order chi connectivity index (χ1) is 7.67. The summed E-state index contributed by atoms with van der Waals surface area (Å²) in [7, 11) is 1.95. The Hall–Kier alpha value is -0.800. The van der Waals surface area contributed by atoms with Crippen molar-refractivity contribution in [3.8, 4) is 0 Å². The Morgan fingerprint density at radius 1 is 1.44 bits per heavy atom. The van der Waals surface area contributed by atoms with E-state index in [4.69, 9.17) is 4.42 Å². The molecule has 0 aromatic carbocycles. The van der Waals surface area contributed by atoms with Gasteiger partial charge in [-0.3, -0.25) is 4.90 Å². The van der Waals surface area contributed by atoms with E-state index in [0.717, 1.165) is 25.4 Å². The second-order valence-electron chi connectivity index (χ2n) is 4.52. The highest BCUT2D eigenvalue weighted by atomic mass is 16.3. The monoisotopic (exact) mass is 224 g/mol. The van der Waals surface area contributed by atoms with Crippen LogP contribution in [0.1, 0.15) is 38.5 Å². The van der Waals surface area contributed by atoms with Gasteiger partial charge >= 0.3 is 0 Å². The van der Waals surface area contributed by atoms with Crippen molar-refractivity contribution in [3.05, 3.63) is 23.7 Å². The molecule has 0 aliphatic rings. The molecule has 1 aromatic heterocycles. The van der Waals surface area contributed by atoms with Crippen LogP contribution in [-0.4, -0.2) is 24.5 Å². The van der Waals surface area contributed by atoms with Crippen molar-refractivity contribution in [1.29, 1.82) is 0 Å².